The van der Waals surface area contributed by atoms with E-state index in [0.717, 1.165) is 31.2 Å². The van der Waals surface area contributed by atoms with Gasteiger partial charge >= 0.3 is 0 Å². The highest BCUT2D eigenvalue weighted by Crippen LogP contribution is 2.39. The number of ether oxygens (including phenoxy) is 2. The summed E-state index contributed by atoms with van der Waals surface area (Å²) in [5.74, 6) is 0.733. The van der Waals surface area contributed by atoms with Gasteiger partial charge in [0.05, 0.1) is 5.56 Å². The number of amides is 2. The molecule has 5 rings (SSSR count). The van der Waals surface area contributed by atoms with Crippen LogP contribution in [0.2, 0.25) is 0 Å². The van der Waals surface area contributed by atoms with Crippen LogP contribution in [-0.4, -0.2) is 31.1 Å². The number of benzene rings is 2. The number of nitrogens with one attached hydrogen (secondary N) is 2. The molecule has 2 aromatic carbocycles. The minimum absolute atomic E-state index is 0.131. The minimum atomic E-state index is -0.768. The molecule has 1 atom stereocenters. The first-order chi connectivity index (χ1) is 15.7. The van der Waals surface area contributed by atoms with E-state index in [2.05, 4.69) is 10.6 Å². The number of aryl methyl sites for hydroxylation is 1. The molecule has 0 bridgehead atoms. The molecule has 2 aliphatic rings. The van der Waals surface area contributed by atoms with E-state index in [1.165, 1.54) is 21.8 Å². The third-order valence-corrected chi connectivity index (χ3v) is 6.94. The average molecular weight is 449 g/mol. The van der Waals surface area contributed by atoms with Crippen molar-refractivity contribution in [1.29, 1.82) is 0 Å². The maximum absolute atomic E-state index is 13.1. The predicted octanol–water partition coefficient (Wildman–Crippen LogP) is 3.99. The molecule has 2 N–H and O–H groups in total. The van der Waals surface area contributed by atoms with E-state index in [1.54, 1.807) is 6.07 Å². The lowest BCUT2D eigenvalue weighted by Gasteiger charge is -2.25. The Bertz CT molecular complexity index is 1140. The SMILES string of the molecule is O=C(NCCc1ccccc1)c1c(NC(=O)[C@H]2COc3ccccc3O2)sc2c1CCC2. The number of hydrogen-bond acceptors (Lipinski definition) is 5. The molecular formula is C25H24N2O4S. The van der Waals surface area contributed by atoms with E-state index < -0.39 is 6.10 Å². The van der Waals surface area contributed by atoms with Crippen LogP contribution in [0.1, 0.15) is 32.8 Å². The summed E-state index contributed by atoms with van der Waals surface area (Å²) in [5, 5.41) is 6.57. The maximum Gasteiger partial charge on any atom is 0.269 e. The normalized spacial score (nSPS) is 16.3. The molecule has 0 saturated heterocycles. The van der Waals surface area contributed by atoms with Gasteiger partial charge in [0, 0.05) is 11.4 Å². The van der Waals surface area contributed by atoms with Gasteiger partial charge in [0.2, 0.25) is 6.10 Å². The first-order valence-electron chi connectivity index (χ1n) is 10.8. The van der Waals surface area contributed by atoms with Gasteiger partial charge in [-0.25, -0.2) is 0 Å². The first kappa shape index (κ1) is 20.6. The zero-order valence-electron chi connectivity index (χ0n) is 17.6. The molecule has 0 spiro atoms. The zero-order valence-corrected chi connectivity index (χ0v) is 18.4. The Morgan fingerprint density at radius 3 is 2.62 bits per heavy atom. The molecule has 0 unspecified atom stereocenters. The number of anilines is 1. The van der Waals surface area contributed by atoms with Crippen molar-refractivity contribution in [3.05, 3.63) is 76.2 Å². The maximum atomic E-state index is 13.1. The summed E-state index contributed by atoms with van der Waals surface area (Å²) in [7, 11) is 0. The van der Waals surface area contributed by atoms with Crippen molar-refractivity contribution in [2.24, 2.45) is 0 Å². The highest BCUT2D eigenvalue weighted by molar-refractivity contribution is 7.17. The largest absolute Gasteiger partial charge is 0.485 e. The summed E-state index contributed by atoms with van der Waals surface area (Å²) in [6.45, 7) is 0.670. The van der Waals surface area contributed by atoms with Crippen molar-refractivity contribution in [3.63, 3.8) is 0 Å². The number of thiophene rings is 1. The van der Waals surface area contributed by atoms with Crippen LogP contribution in [0, 0.1) is 0 Å². The van der Waals surface area contributed by atoms with Crippen molar-refractivity contribution in [2.75, 3.05) is 18.5 Å². The van der Waals surface area contributed by atoms with Gasteiger partial charge in [-0.3, -0.25) is 9.59 Å². The predicted molar refractivity (Wildman–Crippen MR) is 124 cm³/mol. The molecule has 32 heavy (non-hydrogen) atoms. The Kier molecular flexibility index (Phi) is 5.81. The molecule has 0 fully saturated rings. The van der Waals surface area contributed by atoms with Gasteiger partial charge in [0.1, 0.15) is 11.6 Å². The summed E-state index contributed by atoms with van der Waals surface area (Å²) in [5.41, 5.74) is 2.83. The van der Waals surface area contributed by atoms with Gasteiger partial charge < -0.3 is 20.1 Å². The lowest BCUT2D eigenvalue weighted by Crippen LogP contribution is -2.40. The number of para-hydroxylation sites is 2. The summed E-state index contributed by atoms with van der Waals surface area (Å²) in [6, 6.07) is 17.3. The number of carbonyl (C=O) groups excluding carboxylic acids is 2. The van der Waals surface area contributed by atoms with Crippen molar-refractivity contribution in [3.8, 4) is 11.5 Å². The summed E-state index contributed by atoms with van der Waals surface area (Å²) in [6.07, 6.45) is 2.83. The number of rotatable bonds is 6. The van der Waals surface area contributed by atoms with Crippen LogP contribution in [0.25, 0.3) is 0 Å². The summed E-state index contributed by atoms with van der Waals surface area (Å²) < 4.78 is 11.5. The summed E-state index contributed by atoms with van der Waals surface area (Å²) in [4.78, 5) is 27.2. The van der Waals surface area contributed by atoms with E-state index in [1.807, 2.05) is 48.5 Å². The van der Waals surface area contributed by atoms with Gasteiger partial charge in [0.15, 0.2) is 11.5 Å². The quantitative estimate of drug-likeness (QED) is 0.598. The van der Waals surface area contributed by atoms with Crippen molar-refractivity contribution >= 4 is 28.2 Å². The Hall–Kier alpha value is -3.32. The second-order valence-electron chi connectivity index (χ2n) is 7.91. The molecule has 6 nitrogen and oxygen atoms in total. The Balaban J connectivity index is 1.28. The third kappa shape index (κ3) is 4.21. The van der Waals surface area contributed by atoms with Gasteiger partial charge in [-0.2, -0.15) is 0 Å². The van der Waals surface area contributed by atoms with E-state index in [4.69, 9.17) is 9.47 Å². The van der Waals surface area contributed by atoms with E-state index in [-0.39, 0.29) is 18.4 Å². The van der Waals surface area contributed by atoms with Crippen molar-refractivity contribution in [2.45, 2.75) is 31.8 Å². The van der Waals surface area contributed by atoms with Crippen LogP contribution in [0.3, 0.4) is 0 Å². The summed E-state index contributed by atoms with van der Waals surface area (Å²) >= 11 is 1.50. The monoisotopic (exact) mass is 448 g/mol. The van der Waals surface area contributed by atoms with E-state index >= 15 is 0 Å². The first-order valence-corrected chi connectivity index (χ1v) is 11.7. The van der Waals surface area contributed by atoms with Gasteiger partial charge in [-0.15, -0.1) is 11.3 Å². The van der Waals surface area contributed by atoms with Crippen LogP contribution < -0.4 is 20.1 Å². The number of fused-ring (bicyclic) bond motifs is 2. The van der Waals surface area contributed by atoms with E-state index in [9.17, 15) is 9.59 Å². The average Bonchev–Trinajstić information content (AvgIpc) is 3.40. The molecule has 2 amide bonds. The minimum Gasteiger partial charge on any atom is -0.485 e. The zero-order chi connectivity index (χ0) is 21.9. The van der Waals surface area contributed by atoms with Gasteiger partial charge in [-0.1, -0.05) is 42.5 Å². The highest BCUT2D eigenvalue weighted by Gasteiger charge is 2.31. The molecule has 2 heterocycles. The van der Waals surface area contributed by atoms with Crippen LogP contribution in [-0.2, 0) is 24.1 Å². The molecule has 0 saturated carbocycles. The second-order valence-corrected chi connectivity index (χ2v) is 9.01. The molecule has 7 heteroatoms. The molecule has 164 valence electrons. The van der Waals surface area contributed by atoms with Gasteiger partial charge in [-0.05, 0) is 48.9 Å². The number of hydrogen-bond donors (Lipinski definition) is 2. The molecular weight excluding hydrogens is 424 g/mol. The standard InChI is InChI=1S/C25H24N2O4S/c28-23(20-15-30-18-10-4-5-11-19(18)31-20)27-25-22(17-9-6-12-21(17)32-25)24(29)26-14-13-16-7-2-1-3-8-16/h1-5,7-8,10-11,20H,6,9,12-15H2,(H,26,29)(H,27,28)/t20-/m1/s1. The number of carbonyl (C=O) groups is 2. The van der Waals surface area contributed by atoms with Crippen LogP contribution >= 0.6 is 11.3 Å². The van der Waals surface area contributed by atoms with Crippen molar-refractivity contribution < 1.29 is 19.1 Å². The highest BCUT2D eigenvalue weighted by atomic mass is 32.1. The third-order valence-electron chi connectivity index (χ3n) is 5.73. The lowest BCUT2D eigenvalue weighted by molar-refractivity contribution is -0.125. The van der Waals surface area contributed by atoms with Crippen LogP contribution in [0.4, 0.5) is 5.00 Å². The fourth-order valence-corrected chi connectivity index (χ4v) is 5.42. The molecule has 1 aliphatic carbocycles. The molecule has 0 radical (unpaired) electrons. The van der Waals surface area contributed by atoms with Crippen LogP contribution in [0.15, 0.2) is 54.6 Å². The Morgan fingerprint density at radius 2 is 1.78 bits per heavy atom. The van der Waals surface area contributed by atoms with Gasteiger partial charge in [0.25, 0.3) is 11.8 Å². The smallest absolute Gasteiger partial charge is 0.269 e. The van der Waals surface area contributed by atoms with Crippen LogP contribution in [0.5, 0.6) is 11.5 Å². The second kappa shape index (κ2) is 9.04. The fraction of sp³-hybridized carbons (Fsp3) is 0.280. The molecule has 3 aromatic rings. The topological polar surface area (TPSA) is 76.7 Å². The van der Waals surface area contributed by atoms with E-state index in [0.29, 0.717) is 28.6 Å². The molecule has 1 aliphatic heterocycles. The van der Waals surface area contributed by atoms with Crippen molar-refractivity contribution in [1.82, 2.24) is 5.32 Å². The molecule has 1 aromatic heterocycles. The fourth-order valence-electron chi connectivity index (χ4n) is 4.13. The Morgan fingerprint density at radius 1 is 1.00 bits per heavy atom. The lowest BCUT2D eigenvalue weighted by atomic mass is 10.1. The Labute approximate surface area is 190 Å².